The van der Waals surface area contributed by atoms with Gasteiger partial charge in [-0.1, -0.05) is 23.7 Å². The summed E-state index contributed by atoms with van der Waals surface area (Å²) in [5.74, 6) is 2.46. The number of rotatable bonds is 5. The number of hydrogen-bond acceptors (Lipinski definition) is 6. The Morgan fingerprint density at radius 3 is 2.91 bits per heavy atom. The van der Waals surface area contributed by atoms with Crippen LogP contribution >= 0.6 is 11.3 Å². The summed E-state index contributed by atoms with van der Waals surface area (Å²) in [6.45, 7) is 0.243. The van der Waals surface area contributed by atoms with E-state index in [0.717, 1.165) is 39.8 Å². The molecule has 0 bridgehead atoms. The van der Waals surface area contributed by atoms with E-state index in [-0.39, 0.29) is 12.1 Å². The highest BCUT2D eigenvalue weighted by atomic mass is 32.1. The second-order valence-electron chi connectivity index (χ2n) is 8.03. The highest BCUT2D eigenvalue weighted by molar-refractivity contribution is 7.26. The molecule has 2 radical (unpaired) electrons. The summed E-state index contributed by atoms with van der Waals surface area (Å²) in [5.41, 5.74) is 2.63. The smallest absolute Gasteiger partial charge is 0.263 e. The zero-order valence-corrected chi connectivity index (χ0v) is 18.2. The molecule has 3 heterocycles. The number of nitrogens with zero attached hydrogens (tertiary/aromatic N) is 3. The van der Waals surface area contributed by atoms with Crippen LogP contribution in [0.2, 0.25) is 0 Å². The Balaban J connectivity index is 1.68. The van der Waals surface area contributed by atoms with E-state index in [0.29, 0.717) is 33.2 Å². The summed E-state index contributed by atoms with van der Waals surface area (Å²) in [7, 11) is 7.87. The molecule has 0 aliphatic heterocycles. The molecule has 0 amide bonds. The molecule has 1 aliphatic rings. The molecule has 0 N–H and O–H groups in total. The number of thiophene rings is 1. The van der Waals surface area contributed by atoms with Gasteiger partial charge in [-0.15, -0.1) is 11.3 Å². The first-order valence-electron chi connectivity index (χ1n) is 10.4. The monoisotopic (exact) mass is 439 g/mol. The fourth-order valence-corrected chi connectivity index (χ4v) is 5.32. The lowest BCUT2D eigenvalue weighted by atomic mass is 9.95. The van der Waals surface area contributed by atoms with Crippen LogP contribution < -0.4 is 15.8 Å². The van der Waals surface area contributed by atoms with Crippen LogP contribution in [0.4, 0.5) is 0 Å². The van der Waals surface area contributed by atoms with Crippen molar-refractivity contribution in [1.82, 2.24) is 14.5 Å². The standard InChI is InChI=1S/C24H18BN3O3S/c1-30-14-7-8-16(18(9-14)13-5-6-13)22-27-23-20(17-3-2-4-19(25)21(17)32-23)24(29)28(22)11-15-10-26-12-31-15/h2-4,7-10,12-13H,5-6,11H2,1H3. The van der Waals surface area contributed by atoms with Crippen molar-refractivity contribution in [1.29, 1.82) is 0 Å². The van der Waals surface area contributed by atoms with Crippen LogP contribution in [0.3, 0.4) is 0 Å². The van der Waals surface area contributed by atoms with Crippen molar-refractivity contribution in [2.75, 3.05) is 7.11 Å². The van der Waals surface area contributed by atoms with E-state index < -0.39 is 0 Å². The lowest BCUT2D eigenvalue weighted by Gasteiger charge is -2.15. The molecule has 1 fully saturated rings. The van der Waals surface area contributed by atoms with Gasteiger partial charge in [0.1, 0.15) is 30.0 Å². The highest BCUT2D eigenvalue weighted by Gasteiger charge is 2.29. The number of methoxy groups -OCH3 is 1. The SMILES string of the molecule is [B]c1cccc2c1sc1nc(-c3ccc(OC)cc3C3CC3)n(Cc3cnco3)c(=O)c12. The van der Waals surface area contributed by atoms with Gasteiger partial charge in [0.25, 0.3) is 5.56 Å². The third-order valence-corrected chi connectivity index (χ3v) is 7.11. The molecule has 8 heteroatoms. The predicted molar refractivity (Wildman–Crippen MR) is 126 cm³/mol. The molecule has 0 atom stereocenters. The Morgan fingerprint density at radius 2 is 2.16 bits per heavy atom. The fraction of sp³-hybridized carbons (Fsp3) is 0.208. The maximum Gasteiger partial charge on any atom is 0.263 e. The summed E-state index contributed by atoms with van der Waals surface area (Å²) in [6, 6.07) is 11.6. The zero-order chi connectivity index (χ0) is 21.8. The highest BCUT2D eigenvalue weighted by Crippen LogP contribution is 2.45. The summed E-state index contributed by atoms with van der Waals surface area (Å²) in [5, 5.41) is 1.42. The summed E-state index contributed by atoms with van der Waals surface area (Å²) in [4.78, 5) is 23.6. The van der Waals surface area contributed by atoms with Crippen LogP contribution in [0.15, 0.2) is 58.2 Å². The van der Waals surface area contributed by atoms with E-state index in [1.807, 2.05) is 30.3 Å². The molecular weight excluding hydrogens is 421 g/mol. The largest absolute Gasteiger partial charge is 0.497 e. The van der Waals surface area contributed by atoms with Crippen LogP contribution in [0.5, 0.6) is 5.75 Å². The van der Waals surface area contributed by atoms with Crippen LogP contribution in [0, 0.1) is 0 Å². The molecule has 6 nitrogen and oxygen atoms in total. The van der Waals surface area contributed by atoms with E-state index in [9.17, 15) is 4.79 Å². The minimum Gasteiger partial charge on any atom is -0.497 e. The van der Waals surface area contributed by atoms with Crippen molar-refractivity contribution in [2.45, 2.75) is 25.3 Å². The van der Waals surface area contributed by atoms with Gasteiger partial charge in [-0.05, 0) is 42.5 Å². The molecule has 0 spiro atoms. The van der Waals surface area contributed by atoms with Crippen molar-refractivity contribution in [2.24, 2.45) is 0 Å². The minimum atomic E-state index is -0.115. The Morgan fingerprint density at radius 1 is 1.28 bits per heavy atom. The molecule has 2 aromatic carbocycles. The first-order valence-corrected chi connectivity index (χ1v) is 11.2. The van der Waals surface area contributed by atoms with Crippen LogP contribution in [-0.4, -0.2) is 29.5 Å². The van der Waals surface area contributed by atoms with Crippen molar-refractivity contribution in [3.8, 4) is 17.1 Å². The normalized spacial score (nSPS) is 13.8. The fourth-order valence-electron chi connectivity index (χ4n) is 4.23. The van der Waals surface area contributed by atoms with Crippen molar-refractivity contribution < 1.29 is 9.15 Å². The second kappa shape index (κ2) is 7.34. The van der Waals surface area contributed by atoms with Gasteiger partial charge in [-0.3, -0.25) is 9.36 Å². The summed E-state index contributed by atoms with van der Waals surface area (Å²) in [6.07, 6.45) is 5.23. The Hall–Kier alpha value is -3.39. The number of fused-ring (bicyclic) bond motifs is 3. The van der Waals surface area contributed by atoms with Gasteiger partial charge >= 0.3 is 0 Å². The van der Waals surface area contributed by atoms with Gasteiger partial charge in [-0.25, -0.2) is 9.97 Å². The molecule has 5 aromatic rings. The Bertz CT molecular complexity index is 1530. The van der Waals surface area contributed by atoms with E-state index in [4.69, 9.17) is 22.0 Å². The molecular formula is C24H18BN3O3S. The Labute approximate surface area is 188 Å². The lowest BCUT2D eigenvalue weighted by Crippen LogP contribution is -2.24. The van der Waals surface area contributed by atoms with E-state index in [2.05, 4.69) is 11.1 Å². The van der Waals surface area contributed by atoms with Gasteiger partial charge in [0.2, 0.25) is 0 Å². The van der Waals surface area contributed by atoms with Gasteiger partial charge in [0.05, 0.1) is 25.2 Å². The molecule has 6 rings (SSSR count). The van der Waals surface area contributed by atoms with Gasteiger partial charge in [-0.2, -0.15) is 0 Å². The number of aromatic nitrogens is 3. The summed E-state index contributed by atoms with van der Waals surface area (Å²) < 4.78 is 13.5. The predicted octanol–water partition coefficient (Wildman–Crippen LogP) is 3.99. The third kappa shape index (κ3) is 3.05. The molecule has 3 aromatic heterocycles. The first kappa shape index (κ1) is 19.3. The quantitative estimate of drug-likeness (QED) is 0.388. The number of oxazole rings is 1. The second-order valence-corrected chi connectivity index (χ2v) is 9.03. The Kier molecular flexibility index (Phi) is 4.43. The van der Waals surface area contributed by atoms with Crippen LogP contribution in [0.1, 0.15) is 30.1 Å². The zero-order valence-electron chi connectivity index (χ0n) is 17.4. The number of hydrogen-bond donors (Lipinski definition) is 0. The average molecular weight is 439 g/mol. The molecule has 32 heavy (non-hydrogen) atoms. The van der Waals surface area contributed by atoms with E-state index in [1.165, 1.54) is 17.7 Å². The third-order valence-electron chi connectivity index (χ3n) is 5.96. The molecule has 0 unspecified atom stereocenters. The maximum atomic E-state index is 13.9. The van der Waals surface area contributed by atoms with Crippen LogP contribution in [0.25, 0.3) is 31.7 Å². The molecule has 1 saturated carbocycles. The lowest BCUT2D eigenvalue weighted by molar-refractivity contribution is 0.414. The van der Waals surface area contributed by atoms with Gasteiger partial charge in [0.15, 0.2) is 6.39 Å². The summed E-state index contributed by atoms with van der Waals surface area (Å²) >= 11 is 1.46. The minimum absolute atomic E-state index is 0.115. The number of ether oxygens (including phenoxy) is 1. The maximum absolute atomic E-state index is 13.9. The first-order chi connectivity index (χ1) is 15.6. The molecule has 1 aliphatic carbocycles. The van der Waals surface area contributed by atoms with E-state index >= 15 is 0 Å². The van der Waals surface area contributed by atoms with Crippen molar-refractivity contribution >= 4 is 44.9 Å². The van der Waals surface area contributed by atoms with Crippen molar-refractivity contribution in [3.63, 3.8) is 0 Å². The average Bonchev–Trinajstić information content (AvgIpc) is 3.38. The number of benzene rings is 2. The molecule has 0 saturated heterocycles. The van der Waals surface area contributed by atoms with Crippen molar-refractivity contribution in [3.05, 3.63) is 70.7 Å². The molecule has 156 valence electrons. The topological polar surface area (TPSA) is 70.2 Å². The van der Waals surface area contributed by atoms with Gasteiger partial charge < -0.3 is 9.15 Å². The van der Waals surface area contributed by atoms with Gasteiger partial charge in [0, 0.05) is 15.6 Å². The van der Waals surface area contributed by atoms with E-state index in [1.54, 1.807) is 17.9 Å². The van der Waals surface area contributed by atoms with Crippen LogP contribution in [-0.2, 0) is 6.54 Å².